The number of phenols is 1. The Hall–Kier alpha value is -2.56. The van der Waals surface area contributed by atoms with Crippen LogP contribution >= 0.6 is 0 Å². The third-order valence-electron chi connectivity index (χ3n) is 3.22. The molecule has 0 aliphatic carbocycles. The van der Waals surface area contributed by atoms with E-state index in [2.05, 4.69) is 15.0 Å². The van der Waals surface area contributed by atoms with Gasteiger partial charge in [0, 0.05) is 11.8 Å². The predicted octanol–water partition coefficient (Wildman–Crippen LogP) is 2.53. The summed E-state index contributed by atoms with van der Waals surface area (Å²) in [5, 5.41) is 9.89. The topological polar surface area (TPSA) is 87.8 Å². The molecule has 2 heterocycles. The minimum atomic E-state index is 0.224. The highest BCUT2D eigenvalue weighted by molar-refractivity contribution is 5.91. The number of nitrogens with zero attached hydrogens (tertiary/aromatic N) is 2. The van der Waals surface area contributed by atoms with E-state index in [1.54, 1.807) is 12.3 Å². The number of nitrogens with one attached hydrogen (secondary N) is 1. The first-order valence-electron chi connectivity index (χ1n) is 5.97. The Morgan fingerprint density at radius 1 is 1.16 bits per heavy atom. The van der Waals surface area contributed by atoms with Gasteiger partial charge >= 0.3 is 0 Å². The first-order valence-corrected chi connectivity index (χ1v) is 5.97. The van der Waals surface area contributed by atoms with E-state index in [4.69, 9.17) is 5.73 Å². The van der Waals surface area contributed by atoms with Gasteiger partial charge in [-0.3, -0.25) is 0 Å². The minimum absolute atomic E-state index is 0.224. The quantitative estimate of drug-likeness (QED) is 0.622. The average Bonchev–Trinajstić information content (AvgIpc) is 2.80. The summed E-state index contributed by atoms with van der Waals surface area (Å²) in [7, 11) is 0. The maximum atomic E-state index is 9.89. The molecule has 3 rings (SSSR count). The van der Waals surface area contributed by atoms with Crippen LogP contribution in [0.3, 0.4) is 0 Å². The molecule has 96 valence electrons. The van der Waals surface area contributed by atoms with Crippen molar-refractivity contribution in [3.05, 3.63) is 35.5 Å². The van der Waals surface area contributed by atoms with E-state index in [0.29, 0.717) is 5.69 Å². The normalized spacial score (nSPS) is 11.1. The average molecular weight is 254 g/mol. The van der Waals surface area contributed by atoms with Crippen molar-refractivity contribution >= 4 is 17.0 Å². The lowest BCUT2D eigenvalue weighted by atomic mass is 10.0. The molecule has 0 radical (unpaired) electrons. The van der Waals surface area contributed by atoms with E-state index < -0.39 is 0 Å². The van der Waals surface area contributed by atoms with Crippen molar-refractivity contribution in [3.63, 3.8) is 0 Å². The molecule has 0 aliphatic heterocycles. The number of aromatic amines is 1. The molecule has 5 nitrogen and oxygen atoms in total. The second kappa shape index (κ2) is 3.98. The molecule has 0 aliphatic rings. The van der Waals surface area contributed by atoms with Crippen molar-refractivity contribution < 1.29 is 5.11 Å². The second-order valence-corrected chi connectivity index (χ2v) is 4.62. The van der Waals surface area contributed by atoms with Gasteiger partial charge in [-0.2, -0.15) is 0 Å². The summed E-state index contributed by atoms with van der Waals surface area (Å²) < 4.78 is 0. The second-order valence-electron chi connectivity index (χ2n) is 4.62. The standard InChI is InChI=1S/C14H14N4O/c1-7-5-8(2)11(19)6-9(7)12-13-10(3-4-16-13)17-14(15)18-12/h3-6,16,19H,1-2H3,(H2,15,17,18). The number of aromatic nitrogens is 3. The van der Waals surface area contributed by atoms with Crippen LogP contribution in [0.15, 0.2) is 24.4 Å². The molecular weight excluding hydrogens is 240 g/mol. The minimum Gasteiger partial charge on any atom is -0.508 e. The Morgan fingerprint density at radius 3 is 2.74 bits per heavy atom. The SMILES string of the molecule is Cc1cc(C)c(-c2nc(N)nc3cc[nH]c23)cc1O. The van der Waals surface area contributed by atoms with Gasteiger partial charge in [0.25, 0.3) is 0 Å². The van der Waals surface area contributed by atoms with Crippen molar-refractivity contribution in [1.82, 2.24) is 15.0 Å². The number of fused-ring (bicyclic) bond motifs is 1. The lowest BCUT2D eigenvalue weighted by Crippen LogP contribution is -1.98. The van der Waals surface area contributed by atoms with E-state index in [9.17, 15) is 5.11 Å². The van der Waals surface area contributed by atoms with Gasteiger partial charge in [0.1, 0.15) is 11.4 Å². The Kier molecular flexibility index (Phi) is 2.41. The first kappa shape index (κ1) is 11.5. The van der Waals surface area contributed by atoms with Gasteiger partial charge in [-0.25, -0.2) is 9.97 Å². The van der Waals surface area contributed by atoms with Gasteiger partial charge in [0.05, 0.1) is 11.0 Å². The van der Waals surface area contributed by atoms with Crippen LogP contribution in [0.5, 0.6) is 5.75 Å². The van der Waals surface area contributed by atoms with Crippen LogP contribution in [-0.4, -0.2) is 20.1 Å². The summed E-state index contributed by atoms with van der Waals surface area (Å²) in [6.07, 6.45) is 1.80. The molecular formula is C14H14N4O. The van der Waals surface area contributed by atoms with Crippen molar-refractivity contribution in [1.29, 1.82) is 0 Å². The fourth-order valence-electron chi connectivity index (χ4n) is 2.25. The number of H-pyrrole nitrogens is 1. The number of hydrogen-bond donors (Lipinski definition) is 3. The molecule has 0 spiro atoms. The van der Waals surface area contributed by atoms with Gasteiger partial charge in [-0.1, -0.05) is 6.07 Å². The summed E-state index contributed by atoms with van der Waals surface area (Å²) >= 11 is 0. The number of benzene rings is 1. The molecule has 0 fully saturated rings. The van der Waals surface area contributed by atoms with E-state index in [1.807, 2.05) is 26.0 Å². The van der Waals surface area contributed by atoms with Crippen LogP contribution in [0.4, 0.5) is 5.95 Å². The lowest BCUT2D eigenvalue weighted by Gasteiger charge is -2.09. The number of phenolic OH excluding ortho intramolecular Hbond substituents is 1. The molecule has 0 saturated carbocycles. The van der Waals surface area contributed by atoms with Crippen molar-refractivity contribution in [2.75, 3.05) is 5.73 Å². The third kappa shape index (κ3) is 1.79. The maximum absolute atomic E-state index is 9.89. The molecule has 0 saturated heterocycles. The van der Waals surface area contributed by atoms with Crippen molar-refractivity contribution in [2.45, 2.75) is 13.8 Å². The van der Waals surface area contributed by atoms with Gasteiger partial charge in [0.2, 0.25) is 5.95 Å². The van der Waals surface area contributed by atoms with E-state index in [-0.39, 0.29) is 11.7 Å². The summed E-state index contributed by atoms with van der Waals surface area (Å²) in [5.74, 6) is 0.471. The third-order valence-corrected chi connectivity index (χ3v) is 3.22. The first-order chi connectivity index (χ1) is 9.06. The molecule has 19 heavy (non-hydrogen) atoms. The number of aryl methyl sites for hydroxylation is 2. The van der Waals surface area contributed by atoms with Crippen molar-refractivity contribution in [3.8, 4) is 17.0 Å². The van der Waals surface area contributed by atoms with Crippen LogP contribution < -0.4 is 5.73 Å². The Labute approximate surface area is 110 Å². The molecule has 4 N–H and O–H groups in total. The fraction of sp³-hybridized carbons (Fsp3) is 0.143. The number of hydrogen-bond acceptors (Lipinski definition) is 4. The van der Waals surface area contributed by atoms with E-state index in [0.717, 1.165) is 27.7 Å². The lowest BCUT2D eigenvalue weighted by molar-refractivity contribution is 0.471. The smallest absolute Gasteiger partial charge is 0.221 e. The Bertz CT molecular complexity index is 776. The summed E-state index contributed by atoms with van der Waals surface area (Å²) in [6.45, 7) is 3.85. The predicted molar refractivity (Wildman–Crippen MR) is 74.9 cm³/mol. The van der Waals surface area contributed by atoms with Crippen LogP contribution in [0, 0.1) is 13.8 Å². The van der Waals surface area contributed by atoms with Crippen LogP contribution in [0.25, 0.3) is 22.3 Å². The Balaban J connectivity index is 2.35. The largest absolute Gasteiger partial charge is 0.508 e. The maximum Gasteiger partial charge on any atom is 0.221 e. The number of rotatable bonds is 1. The highest BCUT2D eigenvalue weighted by Gasteiger charge is 2.13. The van der Waals surface area contributed by atoms with E-state index >= 15 is 0 Å². The highest BCUT2D eigenvalue weighted by Crippen LogP contribution is 2.32. The zero-order valence-corrected chi connectivity index (χ0v) is 10.7. The fourth-order valence-corrected chi connectivity index (χ4v) is 2.25. The molecule has 2 aromatic heterocycles. The zero-order chi connectivity index (χ0) is 13.6. The van der Waals surface area contributed by atoms with Crippen molar-refractivity contribution in [2.24, 2.45) is 0 Å². The van der Waals surface area contributed by atoms with E-state index in [1.165, 1.54) is 0 Å². The molecule has 0 bridgehead atoms. The summed E-state index contributed by atoms with van der Waals surface area (Å²) in [5.41, 5.74) is 10.8. The van der Waals surface area contributed by atoms with Gasteiger partial charge in [-0.15, -0.1) is 0 Å². The molecule has 1 aromatic carbocycles. The number of nitrogen functional groups attached to an aromatic ring is 1. The molecule has 3 aromatic rings. The highest BCUT2D eigenvalue weighted by atomic mass is 16.3. The zero-order valence-electron chi connectivity index (χ0n) is 10.7. The monoisotopic (exact) mass is 254 g/mol. The summed E-state index contributed by atoms with van der Waals surface area (Å²) in [6, 6.07) is 5.49. The molecule has 0 atom stereocenters. The van der Waals surface area contributed by atoms with Gasteiger partial charge < -0.3 is 15.8 Å². The van der Waals surface area contributed by atoms with Crippen LogP contribution in [0.2, 0.25) is 0 Å². The van der Waals surface area contributed by atoms with Gasteiger partial charge in [-0.05, 0) is 37.1 Å². The summed E-state index contributed by atoms with van der Waals surface area (Å²) in [4.78, 5) is 11.6. The number of anilines is 1. The number of aromatic hydroxyl groups is 1. The van der Waals surface area contributed by atoms with Crippen LogP contribution in [-0.2, 0) is 0 Å². The van der Waals surface area contributed by atoms with Gasteiger partial charge in [0.15, 0.2) is 0 Å². The van der Waals surface area contributed by atoms with Crippen LogP contribution in [0.1, 0.15) is 11.1 Å². The Morgan fingerprint density at radius 2 is 1.95 bits per heavy atom. The number of nitrogens with two attached hydrogens (primary N) is 1. The molecule has 0 unspecified atom stereocenters. The molecule has 0 amide bonds. The molecule has 5 heteroatoms.